The van der Waals surface area contributed by atoms with Gasteiger partial charge in [0, 0.05) is 23.0 Å². The first-order valence-electron chi connectivity index (χ1n) is 7.04. The zero-order valence-corrected chi connectivity index (χ0v) is 12.1. The zero-order valence-electron chi connectivity index (χ0n) is 12.1. The number of benzene rings is 1. The van der Waals surface area contributed by atoms with Crippen LogP contribution in [0.5, 0.6) is 0 Å². The fraction of sp³-hybridized carbons (Fsp3) is 0.438. The molecule has 2 heterocycles. The van der Waals surface area contributed by atoms with Gasteiger partial charge in [0.2, 0.25) is 0 Å². The first-order valence-corrected chi connectivity index (χ1v) is 7.04. The number of methoxy groups -OCH3 is 1. The molecule has 0 bridgehead atoms. The Hall–Kier alpha value is -1.81. The minimum atomic E-state index is -0.281. The van der Waals surface area contributed by atoms with Crippen molar-refractivity contribution in [1.82, 2.24) is 10.3 Å². The molecule has 0 radical (unpaired) electrons. The van der Waals surface area contributed by atoms with E-state index in [0.717, 1.165) is 11.9 Å². The van der Waals surface area contributed by atoms with Crippen molar-refractivity contribution in [2.75, 3.05) is 7.11 Å². The Bertz CT molecular complexity index is 662. The topological polar surface area (TPSA) is 54.1 Å². The molecule has 1 aromatic carbocycles. The lowest BCUT2D eigenvalue weighted by Crippen LogP contribution is -2.54. The Kier molecular flexibility index (Phi) is 3.05. The third kappa shape index (κ3) is 1.83. The molecule has 2 atom stereocenters. The summed E-state index contributed by atoms with van der Waals surface area (Å²) in [4.78, 5) is 15.5. The molecule has 0 saturated carbocycles. The van der Waals surface area contributed by atoms with E-state index in [0.29, 0.717) is 6.42 Å². The number of H-pyrrole nitrogens is 1. The number of rotatable bonds is 2. The van der Waals surface area contributed by atoms with Crippen LogP contribution in [-0.4, -0.2) is 24.1 Å². The third-order valence-corrected chi connectivity index (χ3v) is 4.46. The molecule has 0 amide bonds. The molecule has 4 heteroatoms. The lowest BCUT2D eigenvalue weighted by atomic mass is 9.83. The molecule has 0 aliphatic carbocycles. The first kappa shape index (κ1) is 13.2. The maximum Gasteiger partial charge on any atom is 0.323 e. The van der Waals surface area contributed by atoms with E-state index in [9.17, 15) is 4.79 Å². The van der Waals surface area contributed by atoms with E-state index in [4.69, 9.17) is 4.74 Å². The van der Waals surface area contributed by atoms with Gasteiger partial charge in [-0.3, -0.25) is 10.1 Å². The highest BCUT2D eigenvalue weighted by Gasteiger charge is 2.40. The fourth-order valence-electron chi connectivity index (χ4n) is 3.16. The summed E-state index contributed by atoms with van der Waals surface area (Å²) in [5.74, 6) is -0.194. The SMILES string of the molecule is CC[C@@]1(C)N[C@H](C(=O)OC)Cc2c1[nH]c1ccccc21. The van der Waals surface area contributed by atoms with Crippen LogP contribution in [0.3, 0.4) is 0 Å². The van der Waals surface area contributed by atoms with Crippen LogP contribution in [0.2, 0.25) is 0 Å². The van der Waals surface area contributed by atoms with Gasteiger partial charge in [-0.1, -0.05) is 25.1 Å². The number of esters is 1. The average molecular weight is 272 g/mol. The van der Waals surface area contributed by atoms with Crippen LogP contribution < -0.4 is 5.32 Å². The first-order chi connectivity index (χ1) is 9.59. The Morgan fingerprint density at radius 3 is 2.90 bits per heavy atom. The Balaban J connectivity index is 2.17. The second kappa shape index (κ2) is 4.63. The Morgan fingerprint density at radius 2 is 2.20 bits per heavy atom. The van der Waals surface area contributed by atoms with Crippen molar-refractivity contribution in [1.29, 1.82) is 0 Å². The predicted molar refractivity (Wildman–Crippen MR) is 78.6 cm³/mol. The number of hydrogen-bond donors (Lipinski definition) is 2. The van der Waals surface area contributed by atoms with Gasteiger partial charge in [-0.05, 0) is 25.0 Å². The van der Waals surface area contributed by atoms with Crippen molar-refractivity contribution in [2.24, 2.45) is 0 Å². The van der Waals surface area contributed by atoms with Crippen molar-refractivity contribution in [2.45, 2.75) is 38.3 Å². The van der Waals surface area contributed by atoms with E-state index in [1.54, 1.807) is 0 Å². The van der Waals surface area contributed by atoms with Crippen LogP contribution in [0, 0.1) is 0 Å². The molecule has 1 aromatic heterocycles. The van der Waals surface area contributed by atoms with Crippen LogP contribution in [0.1, 0.15) is 31.5 Å². The smallest absolute Gasteiger partial charge is 0.323 e. The fourth-order valence-corrected chi connectivity index (χ4v) is 3.16. The van der Waals surface area contributed by atoms with E-state index >= 15 is 0 Å². The summed E-state index contributed by atoms with van der Waals surface area (Å²) in [5, 5.41) is 4.65. The second-order valence-corrected chi connectivity index (χ2v) is 5.63. The number of fused-ring (bicyclic) bond motifs is 3. The largest absolute Gasteiger partial charge is 0.468 e. The molecule has 0 fully saturated rings. The van der Waals surface area contributed by atoms with E-state index < -0.39 is 0 Å². The summed E-state index contributed by atoms with van der Waals surface area (Å²) >= 11 is 0. The molecule has 1 aliphatic heterocycles. The molecule has 4 nitrogen and oxygen atoms in total. The van der Waals surface area contributed by atoms with Gasteiger partial charge in [0.05, 0.1) is 12.6 Å². The molecule has 2 N–H and O–H groups in total. The van der Waals surface area contributed by atoms with Gasteiger partial charge in [0.25, 0.3) is 0 Å². The molecule has 3 rings (SSSR count). The second-order valence-electron chi connectivity index (χ2n) is 5.63. The lowest BCUT2D eigenvalue weighted by Gasteiger charge is -2.38. The number of carbonyl (C=O) groups is 1. The maximum atomic E-state index is 11.9. The highest BCUT2D eigenvalue weighted by atomic mass is 16.5. The van der Waals surface area contributed by atoms with Crippen molar-refractivity contribution >= 4 is 16.9 Å². The summed E-state index contributed by atoms with van der Waals surface area (Å²) in [7, 11) is 1.44. The molecule has 0 spiro atoms. The third-order valence-electron chi connectivity index (χ3n) is 4.46. The average Bonchev–Trinajstić information content (AvgIpc) is 2.86. The molecule has 0 unspecified atom stereocenters. The molecule has 0 saturated heterocycles. The normalized spacial score (nSPS) is 25.4. The van der Waals surface area contributed by atoms with E-state index in [1.807, 2.05) is 12.1 Å². The number of aromatic nitrogens is 1. The van der Waals surface area contributed by atoms with Crippen LogP contribution >= 0.6 is 0 Å². The van der Waals surface area contributed by atoms with Gasteiger partial charge in [0.15, 0.2) is 0 Å². The van der Waals surface area contributed by atoms with Gasteiger partial charge < -0.3 is 9.72 Å². The van der Waals surface area contributed by atoms with Gasteiger partial charge in [-0.25, -0.2) is 0 Å². The quantitative estimate of drug-likeness (QED) is 0.826. The highest BCUT2D eigenvalue weighted by Crippen LogP contribution is 2.37. The molecule has 20 heavy (non-hydrogen) atoms. The predicted octanol–water partition coefficient (Wildman–Crippen LogP) is 2.48. The van der Waals surface area contributed by atoms with E-state index in [-0.39, 0.29) is 17.6 Å². The van der Waals surface area contributed by atoms with Gasteiger partial charge in [-0.15, -0.1) is 0 Å². The number of aromatic amines is 1. The number of hydrogen-bond acceptors (Lipinski definition) is 3. The minimum absolute atomic E-state index is 0.194. The lowest BCUT2D eigenvalue weighted by molar-refractivity contribution is -0.144. The van der Waals surface area contributed by atoms with Crippen LogP contribution in [0.25, 0.3) is 10.9 Å². The van der Waals surface area contributed by atoms with Gasteiger partial charge >= 0.3 is 5.97 Å². The summed E-state index contributed by atoms with van der Waals surface area (Å²) in [6.45, 7) is 4.26. The number of nitrogens with one attached hydrogen (secondary N) is 2. The van der Waals surface area contributed by atoms with Gasteiger partial charge in [-0.2, -0.15) is 0 Å². The maximum absolute atomic E-state index is 11.9. The monoisotopic (exact) mass is 272 g/mol. The Morgan fingerprint density at radius 1 is 1.45 bits per heavy atom. The molecule has 1 aliphatic rings. The van der Waals surface area contributed by atoms with Crippen molar-refractivity contribution in [3.05, 3.63) is 35.5 Å². The van der Waals surface area contributed by atoms with Crippen molar-refractivity contribution in [3.8, 4) is 0 Å². The van der Waals surface area contributed by atoms with Gasteiger partial charge in [0.1, 0.15) is 6.04 Å². The summed E-state index contributed by atoms with van der Waals surface area (Å²) < 4.78 is 4.92. The zero-order chi connectivity index (χ0) is 14.3. The van der Waals surface area contributed by atoms with Crippen LogP contribution in [-0.2, 0) is 21.5 Å². The minimum Gasteiger partial charge on any atom is -0.468 e. The van der Waals surface area contributed by atoms with Crippen molar-refractivity contribution in [3.63, 3.8) is 0 Å². The van der Waals surface area contributed by atoms with E-state index in [1.165, 1.54) is 23.8 Å². The highest BCUT2D eigenvalue weighted by molar-refractivity contribution is 5.87. The Labute approximate surface area is 118 Å². The summed E-state index contributed by atoms with van der Waals surface area (Å²) in [6.07, 6.45) is 1.57. The molecular weight excluding hydrogens is 252 g/mol. The molecule has 2 aromatic rings. The number of para-hydroxylation sites is 1. The summed E-state index contributed by atoms with van der Waals surface area (Å²) in [6, 6.07) is 7.97. The van der Waals surface area contributed by atoms with Crippen LogP contribution in [0.15, 0.2) is 24.3 Å². The number of ether oxygens (including phenoxy) is 1. The number of carbonyl (C=O) groups excluding carboxylic acids is 1. The standard InChI is InChI=1S/C16H20N2O2/c1-4-16(2)14-11(9-13(18-16)15(19)20-3)10-7-5-6-8-12(10)17-14/h5-8,13,17-18H,4,9H2,1-3H3/t13-,16+/m0/s1. The van der Waals surface area contributed by atoms with Crippen LogP contribution in [0.4, 0.5) is 0 Å². The summed E-state index contributed by atoms with van der Waals surface area (Å²) in [5.41, 5.74) is 3.33. The molecular formula is C16H20N2O2. The van der Waals surface area contributed by atoms with Crippen molar-refractivity contribution < 1.29 is 9.53 Å². The molecule has 106 valence electrons. The van der Waals surface area contributed by atoms with E-state index in [2.05, 4.69) is 36.3 Å².